The lowest BCUT2D eigenvalue weighted by molar-refractivity contribution is -0.146. The Bertz CT molecular complexity index is 568. The van der Waals surface area contributed by atoms with Gasteiger partial charge in [0.25, 0.3) is 0 Å². The molecule has 2 aliphatic carbocycles. The maximum Gasteiger partial charge on any atom is 0.225 e. The van der Waals surface area contributed by atoms with Crippen LogP contribution in [0.15, 0.2) is 30.3 Å². The normalized spacial score (nSPS) is 34.9. The maximum atomic E-state index is 13.1. The summed E-state index contributed by atoms with van der Waals surface area (Å²) in [5.41, 5.74) is 7.54. The van der Waals surface area contributed by atoms with Crippen LogP contribution in [0.1, 0.15) is 43.8 Å². The first-order valence-electron chi connectivity index (χ1n) is 9.43. The molecular formula is C20H29ClN2O2. The van der Waals surface area contributed by atoms with Crippen molar-refractivity contribution in [2.45, 2.75) is 44.2 Å². The molecule has 0 radical (unpaired) electrons. The summed E-state index contributed by atoms with van der Waals surface area (Å²) in [6.07, 6.45) is 5.69. The quantitative estimate of drug-likeness (QED) is 0.876. The van der Waals surface area contributed by atoms with Gasteiger partial charge in [-0.1, -0.05) is 36.8 Å². The average molecular weight is 365 g/mol. The fourth-order valence-corrected chi connectivity index (χ4v) is 4.97. The van der Waals surface area contributed by atoms with E-state index in [0.717, 1.165) is 24.9 Å². The highest BCUT2D eigenvalue weighted by atomic mass is 35.5. The molecule has 3 aliphatic rings. The fraction of sp³-hybridized carbons (Fsp3) is 0.650. The van der Waals surface area contributed by atoms with Crippen LogP contribution < -0.4 is 5.73 Å². The molecule has 3 unspecified atom stereocenters. The van der Waals surface area contributed by atoms with Gasteiger partial charge in [-0.05, 0) is 43.1 Å². The molecular weight excluding hydrogens is 336 g/mol. The molecule has 3 fully saturated rings. The van der Waals surface area contributed by atoms with Crippen LogP contribution in [0.4, 0.5) is 0 Å². The molecule has 1 heterocycles. The third-order valence-electron chi connectivity index (χ3n) is 6.31. The first kappa shape index (κ1) is 18.7. The largest absolute Gasteiger partial charge is 0.370 e. The molecule has 2 saturated carbocycles. The fourth-order valence-electron chi connectivity index (χ4n) is 4.97. The van der Waals surface area contributed by atoms with Gasteiger partial charge in [-0.25, -0.2) is 0 Å². The second-order valence-corrected chi connectivity index (χ2v) is 7.75. The number of ether oxygens (including phenoxy) is 1. The predicted octanol–water partition coefficient (Wildman–Crippen LogP) is 3.16. The highest BCUT2D eigenvalue weighted by molar-refractivity contribution is 5.85. The van der Waals surface area contributed by atoms with E-state index in [0.29, 0.717) is 36.9 Å². The van der Waals surface area contributed by atoms with Gasteiger partial charge in [0.2, 0.25) is 5.91 Å². The van der Waals surface area contributed by atoms with Crippen LogP contribution in [0.5, 0.6) is 0 Å². The van der Waals surface area contributed by atoms with E-state index in [1.807, 2.05) is 23.1 Å². The van der Waals surface area contributed by atoms with E-state index in [1.54, 1.807) is 0 Å². The van der Waals surface area contributed by atoms with Crippen LogP contribution in [0.25, 0.3) is 0 Å². The summed E-state index contributed by atoms with van der Waals surface area (Å²) in [4.78, 5) is 15.1. The molecule has 1 amide bonds. The second-order valence-electron chi connectivity index (χ2n) is 7.75. The number of carbonyl (C=O) groups excluding carboxylic acids is 1. The van der Waals surface area contributed by atoms with Crippen molar-refractivity contribution < 1.29 is 9.53 Å². The molecule has 5 heteroatoms. The Morgan fingerprint density at radius 2 is 1.80 bits per heavy atom. The standard InChI is InChI=1S/C20H28N2O2.ClH/c21-19-15-7-4-8-16(19)12-17(11-15)20(23)22-9-10-24-18(13-22)14-5-2-1-3-6-14;/h1-3,5-6,15-19H,4,7-13,21H2;1H. The SMILES string of the molecule is Cl.NC1C2CCCC1CC(C(=O)N1CCOC(c3ccccc3)C1)C2. The molecule has 25 heavy (non-hydrogen) atoms. The van der Waals surface area contributed by atoms with Crippen molar-refractivity contribution in [3.8, 4) is 0 Å². The highest BCUT2D eigenvalue weighted by Crippen LogP contribution is 2.42. The Labute approximate surface area is 156 Å². The van der Waals surface area contributed by atoms with Gasteiger partial charge in [0.15, 0.2) is 0 Å². The molecule has 1 saturated heterocycles. The van der Waals surface area contributed by atoms with Crippen LogP contribution >= 0.6 is 12.4 Å². The van der Waals surface area contributed by atoms with Crippen LogP contribution in [0.3, 0.4) is 0 Å². The van der Waals surface area contributed by atoms with Crippen molar-refractivity contribution in [3.05, 3.63) is 35.9 Å². The zero-order chi connectivity index (χ0) is 16.5. The van der Waals surface area contributed by atoms with E-state index >= 15 is 0 Å². The number of fused-ring (bicyclic) bond motifs is 2. The number of carbonyl (C=O) groups is 1. The van der Waals surface area contributed by atoms with Crippen LogP contribution in [-0.4, -0.2) is 36.5 Å². The number of hydrogen-bond acceptors (Lipinski definition) is 3. The van der Waals surface area contributed by atoms with E-state index in [-0.39, 0.29) is 24.4 Å². The maximum absolute atomic E-state index is 13.1. The lowest BCUT2D eigenvalue weighted by atomic mass is 9.65. The Morgan fingerprint density at radius 3 is 2.48 bits per heavy atom. The van der Waals surface area contributed by atoms with Gasteiger partial charge in [-0.2, -0.15) is 0 Å². The van der Waals surface area contributed by atoms with Crippen molar-refractivity contribution in [2.24, 2.45) is 23.5 Å². The predicted molar refractivity (Wildman–Crippen MR) is 100 cm³/mol. The topological polar surface area (TPSA) is 55.6 Å². The third-order valence-corrected chi connectivity index (χ3v) is 6.31. The highest BCUT2D eigenvalue weighted by Gasteiger charge is 2.42. The van der Waals surface area contributed by atoms with E-state index in [4.69, 9.17) is 10.5 Å². The van der Waals surface area contributed by atoms with Crippen LogP contribution in [-0.2, 0) is 9.53 Å². The first-order valence-corrected chi connectivity index (χ1v) is 9.43. The third kappa shape index (κ3) is 3.86. The van der Waals surface area contributed by atoms with Crippen molar-refractivity contribution >= 4 is 18.3 Å². The lowest BCUT2D eigenvalue weighted by Crippen LogP contribution is -2.51. The number of benzene rings is 1. The smallest absolute Gasteiger partial charge is 0.225 e. The average Bonchev–Trinajstić information content (AvgIpc) is 2.62. The Kier molecular flexibility index (Phi) is 6.03. The number of amides is 1. The Hall–Kier alpha value is -1.10. The summed E-state index contributed by atoms with van der Waals surface area (Å²) >= 11 is 0. The molecule has 138 valence electrons. The molecule has 2 N–H and O–H groups in total. The number of hydrogen-bond donors (Lipinski definition) is 1. The Balaban J connectivity index is 0.00000182. The molecule has 0 spiro atoms. The minimum atomic E-state index is 0. The number of halogens is 1. The number of rotatable bonds is 2. The van der Waals surface area contributed by atoms with Gasteiger partial charge in [0, 0.05) is 18.5 Å². The van der Waals surface area contributed by atoms with Crippen molar-refractivity contribution in [3.63, 3.8) is 0 Å². The second kappa shape index (κ2) is 8.07. The molecule has 1 aromatic carbocycles. The van der Waals surface area contributed by atoms with Crippen molar-refractivity contribution in [2.75, 3.05) is 19.7 Å². The van der Waals surface area contributed by atoms with Crippen LogP contribution in [0, 0.1) is 17.8 Å². The van der Waals surface area contributed by atoms with E-state index in [9.17, 15) is 4.79 Å². The van der Waals surface area contributed by atoms with Crippen molar-refractivity contribution in [1.82, 2.24) is 4.90 Å². The minimum Gasteiger partial charge on any atom is -0.370 e. The molecule has 2 bridgehead atoms. The summed E-state index contributed by atoms with van der Waals surface area (Å²) < 4.78 is 5.91. The molecule has 1 aromatic rings. The number of morpholine rings is 1. The van der Waals surface area contributed by atoms with E-state index < -0.39 is 0 Å². The molecule has 0 aromatic heterocycles. The van der Waals surface area contributed by atoms with Gasteiger partial charge >= 0.3 is 0 Å². The number of nitrogens with zero attached hydrogens (tertiary/aromatic N) is 1. The van der Waals surface area contributed by atoms with E-state index in [1.165, 1.54) is 19.3 Å². The van der Waals surface area contributed by atoms with Gasteiger partial charge in [0.05, 0.1) is 13.2 Å². The monoisotopic (exact) mass is 364 g/mol. The van der Waals surface area contributed by atoms with Crippen molar-refractivity contribution in [1.29, 1.82) is 0 Å². The summed E-state index contributed by atoms with van der Waals surface area (Å²) in [6, 6.07) is 10.6. The molecule has 4 rings (SSSR count). The zero-order valence-corrected chi connectivity index (χ0v) is 15.5. The van der Waals surface area contributed by atoms with Gasteiger partial charge in [-0.3, -0.25) is 4.79 Å². The van der Waals surface area contributed by atoms with Gasteiger partial charge < -0.3 is 15.4 Å². The summed E-state index contributed by atoms with van der Waals surface area (Å²) in [7, 11) is 0. The van der Waals surface area contributed by atoms with Gasteiger partial charge in [0.1, 0.15) is 6.10 Å². The summed E-state index contributed by atoms with van der Waals surface area (Å²) in [5.74, 6) is 1.62. The van der Waals surface area contributed by atoms with Crippen LogP contribution in [0.2, 0.25) is 0 Å². The molecule has 4 nitrogen and oxygen atoms in total. The molecule has 3 atom stereocenters. The molecule has 1 aliphatic heterocycles. The first-order chi connectivity index (χ1) is 11.7. The van der Waals surface area contributed by atoms with E-state index in [2.05, 4.69) is 12.1 Å². The van der Waals surface area contributed by atoms with Gasteiger partial charge in [-0.15, -0.1) is 12.4 Å². The zero-order valence-electron chi connectivity index (χ0n) is 14.7. The summed E-state index contributed by atoms with van der Waals surface area (Å²) in [5, 5.41) is 0. The minimum absolute atomic E-state index is 0. The lowest BCUT2D eigenvalue weighted by Gasteiger charge is -2.45. The number of nitrogens with two attached hydrogens (primary N) is 1. The Morgan fingerprint density at radius 1 is 1.12 bits per heavy atom. The summed E-state index contributed by atoms with van der Waals surface area (Å²) in [6.45, 7) is 2.03.